The number of H-pyrrole nitrogens is 2. The van der Waals surface area contributed by atoms with Crippen molar-refractivity contribution in [3.63, 3.8) is 0 Å². The zero-order valence-electron chi connectivity index (χ0n) is 58.1. The number of aryl methyl sites for hydroxylation is 2. The third kappa shape index (κ3) is 19.0. The van der Waals surface area contributed by atoms with Gasteiger partial charge in [-0.05, 0) is 198 Å². The minimum absolute atomic E-state index is 0.0246. The normalized spacial score (nSPS) is 16.9. The number of likely N-dealkylation sites (tertiary alicyclic amines) is 3. The van der Waals surface area contributed by atoms with E-state index in [1.807, 2.05) is 97.5 Å². The van der Waals surface area contributed by atoms with Crippen molar-refractivity contribution in [2.75, 3.05) is 60.5 Å². The van der Waals surface area contributed by atoms with E-state index in [4.69, 9.17) is 24.1 Å². The Hall–Kier alpha value is -10.4. The van der Waals surface area contributed by atoms with Crippen LogP contribution in [0.2, 0.25) is 0 Å². The molecule has 12 rings (SSSR count). The van der Waals surface area contributed by atoms with Crippen molar-refractivity contribution in [2.24, 2.45) is 10.8 Å². The smallest absolute Gasteiger partial charge is 0.410 e. The third-order valence-electron chi connectivity index (χ3n) is 17.9. The topological polar surface area (TPSA) is 326 Å². The second kappa shape index (κ2) is 31.0. The van der Waals surface area contributed by atoms with Gasteiger partial charge in [-0.25, -0.2) is 29.5 Å². The van der Waals surface area contributed by atoms with Crippen LogP contribution in [0.3, 0.4) is 0 Å². The molecule has 8 aromatic rings. The Morgan fingerprint density at radius 3 is 1.35 bits per heavy atom. The molecule has 524 valence electrons. The molecule has 5 amide bonds. The number of aromatic amines is 2. The highest BCUT2D eigenvalue weighted by molar-refractivity contribution is 6.04. The van der Waals surface area contributed by atoms with E-state index >= 15 is 0 Å². The summed E-state index contributed by atoms with van der Waals surface area (Å²) < 4.78 is 23.2. The van der Waals surface area contributed by atoms with Crippen LogP contribution in [0.1, 0.15) is 158 Å². The Labute approximate surface area is 576 Å². The summed E-state index contributed by atoms with van der Waals surface area (Å²) in [7, 11) is 0. The van der Waals surface area contributed by atoms with Crippen LogP contribution in [0.25, 0.3) is 22.1 Å². The number of amides is 5. The first kappa shape index (κ1) is 71.4. The van der Waals surface area contributed by atoms with Gasteiger partial charge >= 0.3 is 18.2 Å². The predicted octanol–water partition coefficient (Wildman–Crippen LogP) is 13.7. The van der Waals surface area contributed by atoms with Crippen molar-refractivity contribution in [1.82, 2.24) is 55.0 Å². The molecule has 4 fully saturated rings. The molecule has 3 saturated heterocycles. The van der Waals surface area contributed by atoms with Crippen LogP contribution >= 0.6 is 0 Å². The lowest BCUT2D eigenvalue weighted by Crippen LogP contribution is -2.54. The van der Waals surface area contributed by atoms with Gasteiger partial charge in [0, 0.05) is 105 Å². The number of benzene rings is 2. The number of aliphatic carboxylic acids is 1. The summed E-state index contributed by atoms with van der Waals surface area (Å²) >= 11 is 0. The van der Waals surface area contributed by atoms with Gasteiger partial charge in [0.2, 0.25) is 5.91 Å². The molecule has 4 aliphatic rings. The van der Waals surface area contributed by atoms with Gasteiger partial charge < -0.3 is 60.0 Å². The van der Waals surface area contributed by atoms with Crippen molar-refractivity contribution in [3.8, 4) is 23.0 Å². The molecule has 1 saturated carbocycles. The number of anilines is 4. The molecule has 0 unspecified atom stereocenters. The fourth-order valence-electron chi connectivity index (χ4n) is 12.2. The Morgan fingerprint density at radius 2 is 0.929 bits per heavy atom. The fraction of sp³-hybridized carbons (Fsp3) is 0.452. The maximum atomic E-state index is 13.9. The quantitative estimate of drug-likeness (QED) is 0.0532. The lowest BCUT2D eigenvalue weighted by atomic mass is 9.78. The van der Waals surface area contributed by atoms with Crippen LogP contribution in [-0.2, 0) is 19.1 Å². The summed E-state index contributed by atoms with van der Waals surface area (Å²) in [4.78, 5) is 96.9. The second-order valence-electron chi connectivity index (χ2n) is 28.4. The zero-order valence-corrected chi connectivity index (χ0v) is 58.1. The Kier molecular flexibility index (Phi) is 22.3. The molecule has 1 atom stereocenters. The van der Waals surface area contributed by atoms with Crippen molar-refractivity contribution in [2.45, 2.75) is 163 Å². The number of carbonyl (C=O) groups excluding carboxylic acids is 5. The molecule has 99 heavy (non-hydrogen) atoms. The maximum Gasteiger partial charge on any atom is 0.410 e. The number of nitrogens with zero attached hydrogens (tertiary/aromatic N) is 9. The number of aromatic nitrogens is 8. The first-order valence-electron chi connectivity index (χ1n) is 33.9. The molecule has 9 heterocycles. The summed E-state index contributed by atoms with van der Waals surface area (Å²) in [5.74, 6) is 3.59. The number of hydrogen-bond donors (Lipinski definition) is 7. The summed E-state index contributed by atoms with van der Waals surface area (Å²) in [6.45, 7) is 21.7. The van der Waals surface area contributed by atoms with Crippen LogP contribution in [0.15, 0.2) is 110 Å². The number of pyridine rings is 4. The average molecular weight is 1350 g/mol. The second-order valence-corrected chi connectivity index (χ2v) is 28.4. The van der Waals surface area contributed by atoms with Crippen LogP contribution in [0.5, 0.6) is 23.0 Å². The molecule has 1 aliphatic carbocycles. The van der Waals surface area contributed by atoms with Gasteiger partial charge in [-0.2, -0.15) is 10.2 Å². The van der Waals surface area contributed by atoms with E-state index in [1.165, 1.54) is 19.3 Å². The lowest BCUT2D eigenvalue weighted by Gasteiger charge is -2.43. The highest BCUT2D eigenvalue weighted by Gasteiger charge is 2.43. The van der Waals surface area contributed by atoms with Crippen LogP contribution in [-0.4, -0.2) is 159 Å². The standard InChI is InChI=1S/C36H44N8O5.C25H26N6O2.C12H21NO4/c1-23-12-16-37-28(21-23)40-32(45)24-8-10-26(11-9-24)48-27-13-17-38-30-29(27)31(42-41-30)39-25-7-6-18-44(22-25)33(46)36(5)14-19-43(20-15-36)34(47)49-35(2,3)4;1-16-11-13-26-21(15-16)29-25(32)17-7-9-19(10-8-17)33-20-12-14-27-23-22(20)24(31-30-23)28-18-5-3-2-4-6-18;1-11(2,3)17-10(16)13-7-5-12(4,6-8-13)9(14)15/h8-13,16-17,21,25H,6-7,14-15,18-20,22H2,1-5H3,(H,37,40,45)(H2,38,39,41,42);7-15,18H,2-6H2,1H3,(H,26,29,32)(H2,27,28,30,31);5-8H2,1-4H3,(H,14,15)/t25-;;/m1../s1. The van der Waals surface area contributed by atoms with Gasteiger partial charge in [-0.15, -0.1) is 0 Å². The average Bonchev–Trinajstić information content (AvgIpc) is 1.75. The predicted molar refractivity (Wildman–Crippen MR) is 376 cm³/mol. The largest absolute Gasteiger partial charge is 0.481 e. The molecule has 3 aliphatic heterocycles. The minimum atomic E-state index is -0.790. The molecule has 26 heteroatoms. The van der Waals surface area contributed by atoms with E-state index in [0.717, 1.165) is 48.0 Å². The number of carboxylic acids is 1. The van der Waals surface area contributed by atoms with Gasteiger partial charge in [0.25, 0.3) is 11.8 Å². The van der Waals surface area contributed by atoms with E-state index < -0.39 is 28.0 Å². The van der Waals surface area contributed by atoms with Gasteiger partial charge in [0.15, 0.2) is 22.9 Å². The zero-order chi connectivity index (χ0) is 70.7. The molecular formula is C73H91N15O11. The summed E-state index contributed by atoms with van der Waals surface area (Å²) in [6.07, 6.45) is 15.9. The SMILES string of the molecule is CC(C)(C)OC(=O)N1CCC(C)(C(=O)O)CC1.Cc1ccnc(NC(=O)c2ccc(Oc3ccnc4[nH]nc(NC5CCCCC5)c34)cc2)c1.Cc1ccnc(NC(=O)c2ccc(Oc3ccnc4[nH]nc(N[C@@H]5CCCN(C(=O)C6(C)CCN(C(=O)OC(C)(C)C)CC6)C5)c34)cc2)c1. The van der Waals surface area contributed by atoms with Crippen molar-refractivity contribution >= 4 is 81.2 Å². The van der Waals surface area contributed by atoms with E-state index in [0.29, 0.717) is 139 Å². The number of piperidine rings is 3. The van der Waals surface area contributed by atoms with Gasteiger partial charge in [0.1, 0.15) is 56.6 Å². The number of fused-ring (bicyclic) bond motifs is 2. The molecule has 0 radical (unpaired) electrons. The third-order valence-corrected chi connectivity index (χ3v) is 17.9. The van der Waals surface area contributed by atoms with Crippen LogP contribution in [0.4, 0.5) is 32.9 Å². The molecule has 7 N–H and O–H groups in total. The summed E-state index contributed by atoms with van der Waals surface area (Å²) in [6, 6.07) is 25.3. The first-order chi connectivity index (χ1) is 47.2. The van der Waals surface area contributed by atoms with Gasteiger partial charge in [-0.1, -0.05) is 26.2 Å². The molecule has 6 aromatic heterocycles. The fourth-order valence-corrected chi connectivity index (χ4v) is 12.2. The van der Waals surface area contributed by atoms with Crippen molar-refractivity contribution in [3.05, 3.63) is 132 Å². The van der Waals surface area contributed by atoms with E-state index in [-0.39, 0.29) is 35.9 Å². The van der Waals surface area contributed by atoms with Crippen LogP contribution < -0.4 is 30.7 Å². The first-order valence-corrected chi connectivity index (χ1v) is 33.9. The van der Waals surface area contributed by atoms with E-state index in [9.17, 15) is 28.8 Å². The van der Waals surface area contributed by atoms with Crippen LogP contribution in [0, 0.1) is 24.7 Å². The number of hydrogen-bond acceptors (Lipinski definition) is 18. The van der Waals surface area contributed by atoms with Crippen molar-refractivity contribution in [1.29, 1.82) is 0 Å². The van der Waals surface area contributed by atoms with Crippen molar-refractivity contribution < 1.29 is 52.8 Å². The minimum Gasteiger partial charge on any atom is -0.481 e. The molecule has 0 spiro atoms. The highest BCUT2D eigenvalue weighted by Crippen LogP contribution is 2.39. The van der Waals surface area contributed by atoms with E-state index in [2.05, 4.69) is 61.6 Å². The summed E-state index contributed by atoms with van der Waals surface area (Å²) in [5.41, 5.74) is 1.95. The Balaban J connectivity index is 0.000000181. The maximum absolute atomic E-state index is 13.9. The number of carboxylic acid groups (broad SMARTS) is 1. The highest BCUT2D eigenvalue weighted by atomic mass is 16.6. The Morgan fingerprint density at radius 1 is 0.515 bits per heavy atom. The number of nitrogens with one attached hydrogen (secondary N) is 6. The number of ether oxygens (including phenoxy) is 4. The Bertz CT molecular complexity index is 4140. The molecule has 26 nitrogen and oxygen atoms in total. The monoisotopic (exact) mass is 1350 g/mol. The molecule has 0 bridgehead atoms. The number of rotatable bonds is 14. The van der Waals surface area contributed by atoms with Gasteiger partial charge in [-0.3, -0.25) is 29.4 Å². The number of carbonyl (C=O) groups is 6. The summed E-state index contributed by atoms with van der Waals surface area (Å²) in [5, 5.41) is 38.3. The lowest BCUT2D eigenvalue weighted by molar-refractivity contribution is -0.150. The van der Waals surface area contributed by atoms with E-state index in [1.54, 1.807) is 96.1 Å². The van der Waals surface area contributed by atoms with Gasteiger partial charge in [0.05, 0.1) is 5.41 Å². The molecule has 2 aromatic carbocycles. The molecular weight excluding hydrogens is 1260 g/mol.